The van der Waals surface area contributed by atoms with E-state index in [-0.39, 0.29) is 36.4 Å². The molecule has 7 heteroatoms. The van der Waals surface area contributed by atoms with Crippen LogP contribution >= 0.6 is 40.7 Å². The molecule has 1 aromatic rings. The molecule has 0 amide bonds. The first-order valence-corrected chi connectivity index (χ1v) is 8.52. The quantitative estimate of drug-likeness (QED) is 0.628. The van der Waals surface area contributed by atoms with E-state index in [9.17, 15) is 8.78 Å². The van der Waals surface area contributed by atoms with Gasteiger partial charge in [0.25, 0.3) is 0 Å². The predicted molar refractivity (Wildman–Crippen MR) is 99.9 cm³/mol. The van der Waals surface area contributed by atoms with Crippen LogP contribution in [0.2, 0.25) is 0 Å². The maximum absolute atomic E-state index is 14.3. The fourth-order valence-electron chi connectivity index (χ4n) is 2.96. The van der Waals surface area contributed by atoms with Gasteiger partial charge >= 0.3 is 0 Å². The normalized spacial score (nSPS) is 16.3. The highest BCUT2D eigenvalue weighted by Gasteiger charge is 2.27. The van der Waals surface area contributed by atoms with Crippen LogP contribution in [0.3, 0.4) is 0 Å². The molecule has 2 nitrogen and oxygen atoms in total. The highest BCUT2D eigenvalue weighted by Crippen LogP contribution is 2.32. The van der Waals surface area contributed by atoms with Crippen LogP contribution in [0, 0.1) is 11.6 Å². The molecule has 1 atom stereocenters. The van der Waals surface area contributed by atoms with Crippen LogP contribution in [0.4, 0.5) is 8.78 Å². The number of nitrogens with zero attached hydrogens (tertiary/aromatic N) is 1. The highest BCUT2D eigenvalue weighted by atomic mass is 79.9. The Bertz CT molecular complexity index is 448. The van der Waals surface area contributed by atoms with Gasteiger partial charge in [-0.3, -0.25) is 4.90 Å². The lowest BCUT2D eigenvalue weighted by molar-refractivity contribution is 0.156. The third-order valence-electron chi connectivity index (χ3n) is 4.05. The van der Waals surface area contributed by atoms with Gasteiger partial charge in [0.1, 0.15) is 11.6 Å². The number of piperazine rings is 1. The van der Waals surface area contributed by atoms with Crippen molar-refractivity contribution in [1.29, 1.82) is 0 Å². The Balaban J connectivity index is 0.00000242. The van der Waals surface area contributed by atoms with Crippen molar-refractivity contribution in [2.45, 2.75) is 38.6 Å². The zero-order valence-electron chi connectivity index (χ0n) is 13.3. The zero-order chi connectivity index (χ0) is 15.2. The standard InChI is InChI=1S/C16H23BrF2N2.2ClH/c1-2-3-4-5-15(21-8-6-20-7-9-21)16-13(18)10-12(17)11-14(16)19;;/h10-11,15,20H,2-9H2,1H3;2*1H/t15-;;/m1../s1. The van der Waals surface area contributed by atoms with Gasteiger partial charge in [0.2, 0.25) is 0 Å². The van der Waals surface area contributed by atoms with Crippen molar-refractivity contribution >= 4 is 40.7 Å². The SMILES string of the molecule is CCCCC[C@H](c1c(F)cc(Br)cc1F)N1CCNCC1.Cl.Cl. The zero-order valence-corrected chi connectivity index (χ0v) is 16.5. The second kappa shape index (κ2) is 11.6. The minimum absolute atomic E-state index is 0. The largest absolute Gasteiger partial charge is 0.314 e. The number of benzene rings is 1. The van der Waals surface area contributed by atoms with Crippen LogP contribution < -0.4 is 5.32 Å². The van der Waals surface area contributed by atoms with E-state index in [1.54, 1.807) is 0 Å². The van der Waals surface area contributed by atoms with Crippen molar-refractivity contribution in [2.24, 2.45) is 0 Å². The average Bonchev–Trinajstić information content (AvgIpc) is 2.45. The summed E-state index contributed by atoms with van der Waals surface area (Å²) in [5.41, 5.74) is 0.233. The minimum atomic E-state index is -0.443. The number of nitrogens with one attached hydrogen (secondary N) is 1. The molecule has 0 aromatic heterocycles. The van der Waals surface area contributed by atoms with Crippen LogP contribution in [0.1, 0.15) is 44.2 Å². The van der Waals surface area contributed by atoms with Gasteiger partial charge in [-0.2, -0.15) is 0 Å². The van der Waals surface area contributed by atoms with E-state index in [2.05, 4.69) is 33.1 Å². The van der Waals surface area contributed by atoms with Crippen LogP contribution in [0.25, 0.3) is 0 Å². The molecule has 0 saturated carbocycles. The molecule has 2 rings (SSSR count). The van der Waals surface area contributed by atoms with Gasteiger partial charge in [-0.25, -0.2) is 8.78 Å². The second-order valence-electron chi connectivity index (χ2n) is 5.58. The smallest absolute Gasteiger partial charge is 0.132 e. The third-order valence-corrected chi connectivity index (χ3v) is 4.51. The van der Waals surface area contributed by atoms with Gasteiger partial charge in [0, 0.05) is 42.3 Å². The molecule has 0 bridgehead atoms. The summed E-state index contributed by atoms with van der Waals surface area (Å²) in [6.07, 6.45) is 4.02. The Labute approximate surface area is 158 Å². The molecule has 134 valence electrons. The van der Waals surface area contributed by atoms with Gasteiger partial charge in [0.15, 0.2) is 0 Å². The maximum Gasteiger partial charge on any atom is 0.132 e. The summed E-state index contributed by atoms with van der Waals surface area (Å²) >= 11 is 3.15. The molecule has 1 fully saturated rings. The van der Waals surface area contributed by atoms with Crippen LogP contribution in [0.15, 0.2) is 16.6 Å². The number of hydrogen-bond donors (Lipinski definition) is 1. The van der Waals surface area contributed by atoms with Gasteiger partial charge < -0.3 is 5.32 Å². The van der Waals surface area contributed by atoms with Crippen molar-refractivity contribution in [3.63, 3.8) is 0 Å². The summed E-state index contributed by atoms with van der Waals surface area (Å²) in [4.78, 5) is 2.21. The van der Waals surface area contributed by atoms with Crippen LogP contribution in [0.5, 0.6) is 0 Å². The first kappa shape index (κ1) is 23.1. The number of hydrogen-bond acceptors (Lipinski definition) is 2. The summed E-state index contributed by atoms with van der Waals surface area (Å²) in [5.74, 6) is -0.885. The predicted octanol–water partition coefficient (Wildman–Crippen LogP) is 5.10. The monoisotopic (exact) mass is 432 g/mol. The average molecular weight is 434 g/mol. The topological polar surface area (TPSA) is 15.3 Å². The Hall–Kier alpha value is 0.0600. The maximum atomic E-state index is 14.3. The first-order chi connectivity index (χ1) is 10.1. The van der Waals surface area contributed by atoms with Crippen molar-refractivity contribution in [3.8, 4) is 0 Å². The van der Waals surface area contributed by atoms with Crippen molar-refractivity contribution in [3.05, 3.63) is 33.8 Å². The molecule has 0 radical (unpaired) electrons. The van der Waals surface area contributed by atoms with Crippen molar-refractivity contribution in [1.82, 2.24) is 10.2 Å². The number of halogens is 5. The third kappa shape index (κ3) is 6.46. The Morgan fingerprint density at radius 1 is 1.13 bits per heavy atom. The lowest BCUT2D eigenvalue weighted by Gasteiger charge is -2.35. The molecule has 23 heavy (non-hydrogen) atoms. The molecular weight excluding hydrogens is 409 g/mol. The minimum Gasteiger partial charge on any atom is -0.314 e. The van der Waals surface area contributed by atoms with E-state index >= 15 is 0 Å². The van der Waals surface area contributed by atoms with Crippen molar-refractivity contribution in [2.75, 3.05) is 26.2 Å². The van der Waals surface area contributed by atoms with E-state index in [0.29, 0.717) is 4.47 Å². The fourth-order valence-corrected chi connectivity index (χ4v) is 3.36. The molecule has 0 aliphatic carbocycles. The molecule has 1 aliphatic heterocycles. The van der Waals surface area contributed by atoms with E-state index in [0.717, 1.165) is 51.9 Å². The molecule has 1 aromatic carbocycles. The van der Waals surface area contributed by atoms with E-state index < -0.39 is 11.6 Å². The lowest BCUT2D eigenvalue weighted by Crippen LogP contribution is -2.45. The first-order valence-electron chi connectivity index (χ1n) is 7.72. The Kier molecular flexibility index (Phi) is 11.6. The lowest BCUT2D eigenvalue weighted by atomic mass is 9.97. The number of rotatable bonds is 6. The second-order valence-corrected chi connectivity index (χ2v) is 6.50. The summed E-state index contributed by atoms with van der Waals surface area (Å²) in [6, 6.07) is 2.58. The van der Waals surface area contributed by atoms with E-state index in [4.69, 9.17) is 0 Å². The number of unbranched alkanes of at least 4 members (excludes halogenated alkanes) is 2. The Morgan fingerprint density at radius 2 is 1.70 bits per heavy atom. The highest BCUT2D eigenvalue weighted by molar-refractivity contribution is 9.10. The fraction of sp³-hybridized carbons (Fsp3) is 0.625. The molecule has 0 unspecified atom stereocenters. The van der Waals surface area contributed by atoms with E-state index in [1.165, 1.54) is 12.1 Å². The molecule has 1 heterocycles. The molecule has 0 spiro atoms. The van der Waals surface area contributed by atoms with Crippen LogP contribution in [-0.4, -0.2) is 31.1 Å². The summed E-state index contributed by atoms with van der Waals surface area (Å²) in [5, 5.41) is 3.29. The summed E-state index contributed by atoms with van der Waals surface area (Å²) in [7, 11) is 0. The van der Waals surface area contributed by atoms with E-state index in [1.807, 2.05) is 0 Å². The molecule has 1 saturated heterocycles. The van der Waals surface area contributed by atoms with Crippen molar-refractivity contribution < 1.29 is 8.78 Å². The van der Waals surface area contributed by atoms with Gasteiger partial charge in [-0.15, -0.1) is 24.8 Å². The van der Waals surface area contributed by atoms with Gasteiger partial charge in [-0.1, -0.05) is 42.1 Å². The summed E-state index contributed by atoms with van der Waals surface area (Å²) < 4.78 is 29.1. The van der Waals surface area contributed by atoms with Gasteiger partial charge in [-0.05, 0) is 18.6 Å². The van der Waals surface area contributed by atoms with Gasteiger partial charge in [0.05, 0.1) is 0 Å². The Morgan fingerprint density at radius 3 is 2.22 bits per heavy atom. The molecule has 1 aliphatic rings. The van der Waals surface area contributed by atoms with Crippen LogP contribution in [-0.2, 0) is 0 Å². The molecular formula is C16H25BrCl2F2N2. The molecule has 1 N–H and O–H groups in total. The summed E-state index contributed by atoms with van der Waals surface area (Å²) in [6.45, 7) is 5.58.